The highest BCUT2D eigenvalue weighted by Crippen LogP contribution is 2.34. The first-order valence-electron chi connectivity index (χ1n) is 5.12. The van der Waals surface area contributed by atoms with Crippen molar-refractivity contribution >= 4 is 31.9 Å². The van der Waals surface area contributed by atoms with Crippen LogP contribution < -0.4 is 0 Å². The van der Waals surface area contributed by atoms with Crippen molar-refractivity contribution in [2.45, 2.75) is 12.8 Å². The molecule has 0 bridgehead atoms. The normalized spacial score (nSPS) is 25.7. The molecule has 0 spiro atoms. The Labute approximate surface area is 107 Å². The summed E-state index contributed by atoms with van der Waals surface area (Å²) in [7, 11) is 0. The number of hydrogen-bond acceptors (Lipinski definition) is 1. The van der Waals surface area contributed by atoms with Gasteiger partial charge in [-0.05, 0) is 30.5 Å². The van der Waals surface area contributed by atoms with Crippen LogP contribution in [0.4, 0.5) is 0 Å². The van der Waals surface area contributed by atoms with E-state index in [1.165, 1.54) is 5.56 Å². The number of hydrogen-bond donors (Lipinski definition) is 0. The molecule has 15 heavy (non-hydrogen) atoms. The van der Waals surface area contributed by atoms with Crippen LogP contribution in [0.2, 0.25) is 0 Å². The molecule has 82 valence electrons. The summed E-state index contributed by atoms with van der Waals surface area (Å²) in [6.07, 6.45) is 2.26. The third-order valence-electron chi connectivity index (χ3n) is 2.96. The molecule has 0 aliphatic carbocycles. The Kier molecular flexibility index (Phi) is 3.86. The third kappa shape index (κ3) is 2.83. The van der Waals surface area contributed by atoms with E-state index in [4.69, 9.17) is 4.74 Å². The quantitative estimate of drug-likeness (QED) is 0.765. The van der Waals surface area contributed by atoms with Gasteiger partial charge in [0.15, 0.2) is 0 Å². The van der Waals surface area contributed by atoms with Crippen molar-refractivity contribution in [3.05, 3.63) is 34.3 Å². The summed E-state index contributed by atoms with van der Waals surface area (Å²) in [4.78, 5) is 0. The summed E-state index contributed by atoms with van der Waals surface area (Å²) in [5.41, 5.74) is 1.71. The Morgan fingerprint density at radius 3 is 2.53 bits per heavy atom. The van der Waals surface area contributed by atoms with Crippen molar-refractivity contribution in [1.29, 1.82) is 0 Å². The fraction of sp³-hybridized carbons (Fsp3) is 0.500. The second-order valence-electron chi connectivity index (χ2n) is 4.24. The van der Waals surface area contributed by atoms with E-state index in [0.717, 1.165) is 35.9 Å². The largest absolute Gasteiger partial charge is 0.381 e. The van der Waals surface area contributed by atoms with Crippen molar-refractivity contribution < 1.29 is 4.74 Å². The van der Waals surface area contributed by atoms with Gasteiger partial charge in [-0.15, -0.1) is 0 Å². The average Bonchev–Trinajstić information content (AvgIpc) is 2.71. The summed E-state index contributed by atoms with van der Waals surface area (Å²) in [5, 5.41) is 1.02. The molecule has 3 heteroatoms. The van der Waals surface area contributed by atoms with Gasteiger partial charge in [0.25, 0.3) is 0 Å². The molecular weight excluding hydrogens is 320 g/mol. The first kappa shape index (κ1) is 11.6. The van der Waals surface area contributed by atoms with Crippen LogP contribution in [-0.4, -0.2) is 18.5 Å². The topological polar surface area (TPSA) is 9.23 Å². The van der Waals surface area contributed by atoms with Crippen LogP contribution in [0.15, 0.2) is 28.7 Å². The minimum absolute atomic E-state index is 0.313. The highest BCUT2D eigenvalue weighted by atomic mass is 79.9. The molecule has 1 aromatic carbocycles. The summed E-state index contributed by atoms with van der Waals surface area (Å²) in [6.45, 7) is 1.79. The van der Waals surface area contributed by atoms with Crippen LogP contribution in [0, 0.1) is 5.41 Å². The smallest absolute Gasteiger partial charge is 0.0534 e. The van der Waals surface area contributed by atoms with Crippen LogP contribution in [0.5, 0.6) is 0 Å². The standard InChI is InChI=1S/C12H14Br2O/c13-8-12(5-6-15-9-12)7-10-1-3-11(14)4-2-10/h1-4H,5-9H2. The van der Waals surface area contributed by atoms with Gasteiger partial charge in [-0.25, -0.2) is 0 Å². The first-order chi connectivity index (χ1) is 7.24. The minimum Gasteiger partial charge on any atom is -0.381 e. The molecule has 1 aliphatic rings. The Bertz CT molecular complexity index is 315. The van der Waals surface area contributed by atoms with E-state index in [0.29, 0.717) is 5.41 Å². The molecule has 1 heterocycles. The summed E-state index contributed by atoms with van der Waals surface area (Å²) >= 11 is 7.07. The molecule has 1 nitrogen and oxygen atoms in total. The lowest BCUT2D eigenvalue weighted by Crippen LogP contribution is -2.25. The highest BCUT2D eigenvalue weighted by molar-refractivity contribution is 9.10. The fourth-order valence-corrected chi connectivity index (χ4v) is 2.88. The maximum atomic E-state index is 5.51. The molecular formula is C12H14Br2O. The summed E-state index contributed by atoms with van der Waals surface area (Å²) in [5.74, 6) is 0. The lowest BCUT2D eigenvalue weighted by Gasteiger charge is -2.24. The van der Waals surface area contributed by atoms with Crippen LogP contribution in [0.3, 0.4) is 0 Å². The predicted octanol–water partition coefficient (Wildman–Crippen LogP) is 3.79. The fourth-order valence-electron chi connectivity index (χ4n) is 1.98. The van der Waals surface area contributed by atoms with Gasteiger partial charge in [0.1, 0.15) is 0 Å². The number of halogens is 2. The number of benzene rings is 1. The van der Waals surface area contributed by atoms with Crippen molar-refractivity contribution in [2.24, 2.45) is 5.41 Å². The number of rotatable bonds is 3. The lowest BCUT2D eigenvalue weighted by molar-refractivity contribution is 0.162. The van der Waals surface area contributed by atoms with Crippen molar-refractivity contribution in [3.63, 3.8) is 0 Å². The third-order valence-corrected chi connectivity index (χ3v) is 4.68. The molecule has 1 unspecified atom stereocenters. The van der Waals surface area contributed by atoms with E-state index in [9.17, 15) is 0 Å². The Balaban J connectivity index is 2.09. The summed E-state index contributed by atoms with van der Waals surface area (Å²) in [6, 6.07) is 8.58. The Hall–Kier alpha value is 0.140. The van der Waals surface area contributed by atoms with Gasteiger partial charge in [-0.3, -0.25) is 0 Å². The van der Waals surface area contributed by atoms with Gasteiger partial charge in [0.2, 0.25) is 0 Å². The minimum atomic E-state index is 0.313. The Morgan fingerprint density at radius 2 is 2.00 bits per heavy atom. The average molecular weight is 334 g/mol. The van der Waals surface area contributed by atoms with Crippen molar-refractivity contribution in [3.8, 4) is 0 Å². The highest BCUT2D eigenvalue weighted by Gasteiger charge is 2.33. The van der Waals surface area contributed by atoms with Gasteiger partial charge in [0, 0.05) is 21.8 Å². The van der Waals surface area contributed by atoms with Crippen molar-refractivity contribution in [2.75, 3.05) is 18.5 Å². The Morgan fingerprint density at radius 1 is 1.27 bits per heavy atom. The molecule has 0 N–H and O–H groups in total. The molecule has 2 rings (SSSR count). The maximum absolute atomic E-state index is 5.51. The molecule has 1 saturated heterocycles. The molecule has 1 atom stereocenters. The van der Waals surface area contributed by atoms with E-state index >= 15 is 0 Å². The number of alkyl halides is 1. The molecule has 0 saturated carbocycles. The van der Waals surface area contributed by atoms with Crippen LogP contribution in [-0.2, 0) is 11.2 Å². The SMILES string of the molecule is BrCC1(Cc2ccc(Br)cc2)CCOC1. The zero-order valence-corrected chi connectivity index (χ0v) is 11.7. The van der Waals surface area contributed by atoms with E-state index in [1.807, 2.05) is 0 Å². The lowest BCUT2D eigenvalue weighted by atomic mass is 9.83. The zero-order valence-electron chi connectivity index (χ0n) is 8.51. The van der Waals surface area contributed by atoms with E-state index in [-0.39, 0.29) is 0 Å². The maximum Gasteiger partial charge on any atom is 0.0534 e. The molecule has 0 aromatic heterocycles. The van der Waals surface area contributed by atoms with Gasteiger partial charge in [0.05, 0.1) is 6.61 Å². The second kappa shape index (κ2) is 4.98. The van der Waals surface area contributed by atoms with Gasteiger partial charge >= 0.3 is 0 Å². The summed E-state index contributed by atoms with van der Waals surface area (Å²) < 4.78 is 6.65. The second-order valence-corrected chi connectivity index (χ2v) is 5.72. The van der Waals surface area contributed by atoms with E-state index in [1.54, 1.807) is 0 Å². The van der Waals surface area contributed by atoms with Gasteiger partial charge in [-0.2, -0.15) is 0 Å². The predicted molar refractivity (Wildman–Crippen MR) is 69.5 cm³/mol. The first-order valence-corrected chi connectivity index (χ1v) is 7.04. The van der Waals surface area contributed by atoms with Crippen LogP contribution >= 0.6 is 31.9 Å². The van der Waals surface area contributed by atoms with Crippen LogP contribution in [0.25, 0.3) is 0 Å². The molecule has 1 fully saturated rings. The molecule has 1 aliphatic heterocycles. The van der Waals surface area contributed by atoms with Crippen molar-refractivity contribution in [1.82, 2.24) is 0 Å². The van der Waals surface area contributed by atoms with Crippen LogP contribution in [0.1, 0.15) is 12.0 Å². The monoisotopic (exact) mass is 332 g/mol. The van der Waals surface area contributed by atoms with Gasteiger partial charge in [-0.1, -0.05) is 44.0 Å². The zero-order chi connectivity index (χ0) is 10.7. The molecule has 0 radical (unpaired) electrons. The number of ether oxygens (including phenoxy) is 1. The van der Waals surface area contributed by atoms with E-state index < -0.39 is 0 Å². The van der Waals surface area contributed by atoms with Gasteiger partial charge < -0.3 is 4.74 Å². The molecule has 0 amide bonds. The van der Waals surface area contributed by atoms with E-state index in [2.05, 4.69) is 56.1 Å². The molecule has 1 aromatic rings.